The Bertz CT molecular complexity index is 642. The van der Waals surface area contributed by atoms with Gasteiger partial charge in [-0.2, -0.15) is 0 Å². The second-order valence-corrected chi connectivity index (χ2v) is 4.89. The van der Waals surface area contributed by atoms with Crippen LogP contribution in [0.15, 0.2) is 66.5 Å². The number of halogens is 1. The molecule has 0 aliphatic rings. The maximum absolute atomic E-state index is 13.7. The third-order valence-corrected chi connectivity index (χ3v) is 3.26. The highest BCUT2D eigenvalue weighted by atomic mass is 19.1. The summed E-state index contributed by atoms with van der Waals surface area (Å²) >= 11 is 0. The Kier molecular flexibility index (Phi) is 4.52. The predicted octanol–water partition coefficient (Wildman–Crippen LogP) is 5.94. The number of benzene rings is 2. The molecule has 0 aliphatic carbocycles. The van der Waals surface area contributed by atoms with E-state index in [1.54, 1.807) is 0 Å². The first kappa shape index (κ1) is 14.3. The summed E-state index contributed by atoms with van der Waals surface area (Å²) in [4.78, 5) is 0. The molecule has 0 saturated heterocycles. The minimum absolute atomic E-state index is 0.163. The number of hydrogen-bond donors (Lipinski definition) is 0. The minimum atomic E-state index is -0.163. The fraction of sp³-hybridized carbons (Fsp3) is 0.158. The van der Waals surface area contributed by atoms with Crippen LogP contribution in [0.25, 0.3) is 16.7 Å². The van der Waals surface area contributed by atoms with E-state index in [1.165, 1.54) is 12.5 Å². The summed E-state index contributed by atoms with van der Waals surface area (Å²) in [6.45, 7) is 5.46. The van der Waals surface area contributed by atoms with Gasteiger partial charge in [-0.25, -0.2) is 4.39 Å². The Morgan fingerprint density at radius 1 is 1.00 bits per heavy atom. The van der Waals surface area contributed by atoms with E-state index in [0.29, 0.717) is 5.57 Å². The molecule has 0 aliphatic heterocycles. The average Bonchev–Trinajstić information content (AvgIpc) is 2.45. The van der Waals surface area contributed by atoms with Gasteiger partial charge >= 0.3 is 0 Å². The van der Waals surface area contributed by atoms with Gasteiger partial charge in [0.2, 0.25) is 0 Å². The molecule has 0 aromatic heterocycles. The molecule has 0 fully saturated rings. The average molecular weight is 266 g/mol. The van der Waals surface area contributed by atoms with E-state index in [0.717, 1.165) is 16.7 Å². The second-order valence-electron chi connectivity index (χ2n) is 4.89. The van der Waals surface area contributed by atoms with Gasteiger partial charge in [0.15, 0.2) is 0 Å². The quantitative estimate of drug-likeness (QED) is 0.603. The summed E-state index contributed by atoms with van der Waals surface area (Å²) < 4.78 is 13.7. The molecule has 0 spiro atoms. The maximum Gasteiger partial charge on any atom is 0.105 e. The summed E-state index contributed by atoms with van der Waals surface area (Å²) in [6.07, 6.45) is 3.67. The highest BCUT2D eigenvalue weighted by Crippen LogP contribution is 2.27. The lowest BCUT2D eigenvalue weighted by Gasteiger charge is -2.07. The van der Waals surface area contributed by atoms with Crippen molar-refractivity contribution in [2.75, 3.05) is 0 Å². The van der Waals surface area contributed by atoms with Crippen molar-refractivity contribution in [1.82, 2.24) is 0 Å². The van der Waals surface area contributed by atoms with E-state index in [4.69, 9.17) is 0 Å². The number of hydrogen-bond acceptors (Lipinski definition) is 0. The molecule has 0 amide bonds. The largest absolute Gasteiger partial charge is 0.211 e. The van der Waals surface area contributed by atoms with Gasteiger partial charge in [-0.1, -0.05) is 60.2 Å². The highest BCUT2D eigenvalue weighted by Gasteiger charge is 2.05. The van der Waals surface area contributed by atoms with Crippen LogP contribution in [0, 0.1) is 6.92 Å². The molecular weight excluding hydrogens is 247 g/mol. The van der Waals surface area contributed by atoms with Crippen molar-refractivity contribution >= 4 is 5.57 Å². The fourth-order valence-corrected chi connectivity index (χ4v) is 2.19. The van der Waals surface area contributed by atoms with Crippen LogP contribution < -0.4 is 0 Å². The van der Waals surface area contributed by atoms with E-state index in [1.807, 2.05) is 37.3 Å². The van der Waals surface area contributed by atoms with Gasteiger partial charge in [-0.3, -0.25) is 0 Å². The smallest absolute Gasteiger partial charge is 0.105 e. The Labute approximate surface area is 120 Å². The SMILES string of the molecule is C/C=C\C(=C(/C)F)c1cccc(-c2ccc(C)cc2)c1. The Balaban J connectivity index is 2.47. The standard InChI is InChI=1S/C19H19F/c1-4-6-19(15(3)20)18-8-5-7-17(13-18)16-11-9-14(2)10-12-16/h4-13H,1-3H3/b6-4-,19-15-. The lowest BCUT2D eigenvalue weighted by Crippen LogP contribution is -1.86. The Hall–Kier alpha value is -2.15. The molecule has 0 bridgehead atoms. The van der Waals surface area contributed by atoms with E-state index in [9.17, 15) is 4.39 Å². The first-order chi connectivity index (χ1) is 9.61. The van der Waals surface area contributed by atoms with E-state index in [2.05, 4.69) is 37.3 Å². The summed E-state index contributed by atoms with van der Waals surface area (Å²) in [5, 5.41) is 0. The molecule has 0 radical (unpaired) electrons. The van der Waals surface area contributed by atoms with Gasteiger partial charge in [-0.05, 0) is 43.5 Å². The maximum atomic E-state index is 13.7. The second kappa shape index (κ2) is 6.33. The van der Waals surface area contributed by atoms with Gasteiger partial charge < -0.3 is 0 Å². The van der Waals surface area contributed by atoms with Crippen molar-refractivity contribution in [2.24, 2.45) is 0 Å². The third-order valence-electron chi connectivity index (χ3n) is 3.26. The molecule has 2 aromatic carbocycles. The number of aryl methyl sites for hydroxylation is 1. The lowest BCUT2D eigenvalue weighted by atomic mass is 9.98. The summed E-state index contributed by atoms with van der Waals surface area (Å²) in [5.74, 6) is -0.163. The molecule has 2 rings (SSSR count). The monoisotopic (exact) mass is 266 g/mol. The molecule has 20 heavy (non-hydrogen) atoms. The van der Waals surface area contributed by atoms with Gasteiger partial charge in [0.05, 0.1) is 0 Å². The van der Waals surface area contributed by atoms with E-state index < -0.39 is 0 Å². The van der Waals surface area contributed by atoms with Gasteiger partial charge in [0, 0.05) is 5.57 Å². The molecule has 0 nitrogen and oxygen atoms in total. The Morgan fingerprint density at radius 2 is 1.70 bits per heavy atom. The van der Waals surface area contributed by atoms with Crippen LogP contribution in [0.5, 0.6) is 0 Å². The summed E-state index contributed by atoms with van der Waals surface area (Å²) in [6, 6.07) is 16.4. The van der Waals surface area contributed by atoms with E-state index in [-0.39, 0.29) is 5.83 Å². The predicted molar refractivity (Wildman–Crippen MR) is 85.1 cm³/mol. The van der Waals surface area contributed by atoms with Crippen molar-refractivity contribution in [3.63, 3.8) is 0 Å². The Morgan fingerprint density at radius 3 is 2.30 bits per heavy atom. The van der Waals surface area contributed by atoms with Gasteiger partial charge in [-0.15, -0.1) is 0 Å². The van der Waals surface area contributed by atoms with Crippen LogP contribution >= 0.6 is 0 Å². The van der Waals surface area contributed by atoms with Gasteiger partial charge in [0.25, 0.3) is 0 Å². The van der Waals surface area contributed by atoms with Gasteiger partial charge in [0.1, 0.15) is 5.83 Å². The number of rotatable bonds is 3. The van der Waals surface area contributed by atoms with Crippen molar-refractivity contribution in [3.05, 3.63) is 77.6 Å². The van der Waals surface area contributed by atoms with Crippen LogP contribution in [0.3, 0.4) is 0 Å². The molecule has 2 aromatic rings. The highest BCUT2D eigenvalue weighted by molar-refractivity contribution is 5.78. The van der Waals surface area contributed by atoms with Crippen molar-refractivity contribution in [3.8, 4) is 11.1 Å². The summed E-state index contributed by atoms with van der Waals surface area (Å²) in [5.41, 5.74) is 5.03. The zero-order chi connectivity index (χ0) is 14.5. The van der Waals surface area contributed by atoms with Crippen molar-refractivity contribution < 1.29 is 4.39 Å². The molecule has 0 N–H and O–H groups in total. The molecule has 0 atom stereocenters. The van der Waals surface area contributed by atoms with Crippen molar-refractivity contribution in [2.45, 2.75) is 20.8 Å². The first-order valence-corrected chi connectivity index (χ1v) is 6.78. The zero-order valence-electron chi connectivity index (χ0n) is 12.2. The minimum Gasteiger partial charge on any atom is -0.211 e. The molecule has 0 heterocycles. The van der Waals surface area contributed by atoms with Crippen LogP contribution in [0.1, 0.15) is 25.0 Å². The molecule has 0 unspecified atom stereocenters. The fourth-order valence-electron chi connectivity index (χ4n) is 2.19. The topological polar surface area (TPSA) is 0 Å². The normalized spacial score (nSPS) is 12.6. The lowest BCUT2D eigenvalue weighted by molar-refractivity contribution is 0.645. The van der Waals surface area contributed by atoms with Crippen molar-refractivity contribution in [1.29, 1.82) is 0 Å². The first-order valence-electron chi connectivity index (χ1n) is 6.78. The molecule has 1 heteroatoms. The third kappa shape index (κ3) is 3.24. The number of allylic oxidation sites excluding steroid dienone is 4. The zero-order valence-corrected chi connectivity index (χ0v) is 12.2. The van der Waals surface area contributed by atoms with Crippen LogP contribution in [0.2, 0.25) is 0 Å². The molecule has 102 valence electrons. The molecular formula is C19H19F. The molecule has 0 saturated carbocycles. The van der Waals surface area contributed by atoms with Crippen LogP contribution in [-0.2, 0) is 0 Å². The van der Waals surface area contributed by atoms with Crippen LogP contribution in [0.4, 0.5) is 4.39 Å². The van der Waals surface area contributed by atoms with E-state index >= 15 is 0 Å². The summed E-state index contributed by atoms with van der Waals surface area (Å²) in [7, 11) is 0. The van der Waals surface area contributed by atoms with Crippen LogP contribution in [-0.4, -0.2) is 0 Å².